The number of hydrogen-bond acceptors (Lipinski definition) is 5. The van der Waals surface area contributed by atoms with E-state index in [0.717, 1.165) is 61.7 Å². The third-order valence-electron chi connectivity index (χ3n) is 3.32. The van der Waals surface area contributed by atoms with Crippen molar-refractivity contribution in [3.63, 3.8) is 0 Å². The van der Waals surface area contributed by atoms with Crippen LogP contribution in [-0.2, 0) is 19.7 Å². The van der Waals surface area contributed by atoms with Crippen molar-refractivity contribution in [3.05, 3.63) is 28.0 Å². The Hall–Kier alpha value is 0.569. The van der Waals surface area contributed by atoms with Crippen molar-refractivity contribution in [1.29, 1.82) is 0 Å². The summed E-state index contributed by atoms with van der Waals surface area (Å²) in [4.78, 5) is 4.73. The maximum absolute atomic E-state index is 4.80. The first-order chi connectivity index (χ1) is 11.2. The van der Waals surface area contributed by atoms with Crippen LogP contribution in [0.25, 0.3) is 0 Å². The summed E-state index contributed by atoms with van der Waals surface area (Å²) in [5.41, 5.74) is 2.17. The third kappa shape index (κ3) is 10.2. The number of halogens is 3. The minimum absolute atomic E-state index is 0.00694. The van der Waals surface area contributed by atoms with Crippen LogP contribution in [0.5, 0.6) is 0 Å². The Balaban J connectivity index is 0.000000816. The molecule has 1 aromatic rings. The standard InChI is InChI=1S/C14H24BrN5.2ClH.Mn/c1-11-14-9-12(15)8-13(20-14)10-18-5-4-16-2-3-17-6-7-19-11;;;/h8-9,11,16-19H,2-7,10H2,1H3;2*1H;/q;;;+2/p-2. The molecular weight excluding hydrogens is 444 g/mol. The van der Waals surface area contributed by atoms with Crippen LogP contribution in [0.4, 0.5) is 0 Å². The average Bonchev–Trinajstić information content (AvgIpc) is 2.52. The molecule has 0 aliphatic carbocycles. The number of nitrogens with zero attached hydrogens (tertiary/aromatic N) is 1. The quantitative estimate of drug-likeness (QED) is 0.440. The molecule has 0 saturated carbocycles. The van der Waals surface area contributed by atoms with E-state index in [0.29, 0.717) is 0 Å². The molecule has 1 aliphatic heterocycles. The molecule has 0 amide bonds. The van der Waals surface area contributed by atoms with Gasteiger partial charge in [0.1, 0.15) is 0 Å². The molecule has 4 N–H and O–H groups in total. The summed E-state index contributed by atoms with van der Waals surface area (Å²) in [5.74, 6) is 0. The zero-order valence-corrected chi connectivity index (χ0v) is 17.4. The van der Waals surface area contributed by atoms with E-state index in [1.54, 1.807) is 0 Å². The van der Waals surface area contributed by atoms with Gasteiger partial charge in [0.05, 0.1) is 11.4 Å². The fourth-order valence-corrected chi connectivity index (χ4v) is 2.69. The Morgan fingerprint density at radius 2 is 1.61 bits per heavy atom. The molecule has 1 aliphatic rings. The fraction of sp³-hybridized carbons (Fsp3) is 0.643. The van der Waals surface area contributed by atoms with E-state index in [4.69, 9.17) is 25.2 Å². The molecule has 2 rings (SSSR count). The molecule has 0 saturated heterocycles. The molecule has 133 valence electrons. The Morgan fingerprint density at radius 1 is 1.04 bits per heavy atom. The van der Waals surface area contributed by atoms with Crippen molar-refractivity contribution in [1.82, 2.24) is 26.3 Å². The van der Waals surface area contributed by atoms with Crippen LogP contribution in [0.15, 0.2) is 16.6 Å². The second-order valence-electron chi connectivity index (χ2n) is 5.11. The van der Waals surface area contributed by atoms with E-state index in [1.165, 1.54) is 0 Å². The number of fused-ring (bicyclic) bond motifs is 2. The molecule has 23 heavy (non-hydrogen) atoms. The molecule has 9 heteroatoms. The van der Waals surface area contributed by atoms with Crippen LogP contribution in [-0.4, -0.2) is 44.3 Å². The zero-order chi connectivity index (χ0) is 16.9. The first-order valence-corrected chi connectivity index (χ1v) is 11.6. The van der Waals surface area contributed by atoms with Crippen LogP contribution in [0.1, 0.15) is 24.4 Å². The molecule has 2 heterocycles. The summed E-state index contributed by atoms with van der Waals surface area (Å²) in [6.45, 7) is 8.84. The number of aromatic nitrogens is 1. The molecule has 0 spiro atoms. The first-order valence-electron chi connectivity index (χ1n) is 7.56. The van der Waals surface area contributed by atoms with Gasteiger partial charge < -0.3 is 21.3 Å². The van der Waals surface area contributed by atoms with Crippen molar-refractivity contribution in [2.75, 3.05) is 39.3 Å². The van der Waals surface area contributed by atoms with Gasteiger partial charge in [0, 0.05) is 56.3 Å². The molecular formula is C14H24BrCl2MnN5. The summed E-state index contributed by atoms with van der Waals surface area (Å²) in [6, 6.07) is 4.43. The van der Waals surface area contributed by atoms with Gasteiger partial charge in [-0.15, -0.1) is 0 Å². The number of pyridine rings is 1. The fourth-order valence-electron chi connectivity index (χ4n) is 2.19. The van der Waals surface area contributed by atoms with Crippen LogP contribution in [0, 0.1) is 0 Å². The number of rotatable bonds is 0. The first kappa shape index (κ1) is 21.6. The van der Waals surface area contributed by atoms with Gasteiger partial charge in [-0.05, 0) is 19.1 Å². The number of hydrogen-bond donors (Lipinski definition) is 4. The van der Waals surface area contributed by atoms with Crippen LogP contribution >= 0.6 is 36.1 Å². The summed E-state index contributed by atoms with van der Waals surface area (Å²) < 4.78 is 1.09. The van der Waals surface area contributed by atoms with Gasteiger partial charge in [-0.1, -0.05) is 15.9 Å². The van der Waals surface area contributed by atoms with Gasteiger partial charge in [-0.3, -0.25) is 4.98 Å². The van der Waals surface area contributed by atoms with E-state index in [2.05, 4.69) is 56.3 Å². The van der Waals surface area contributed by atoms with Gasteiger partial charge in [-0.25, -0.2) is 0 Å². The maximum atomic E-state index is 4.80. The molecule has 0 fully saturated rings. The average molecular weight is 468 g/mol. The topological polar surface area (TPSA) is 61.0 Å². The van der Waals surface area contributed by atoms with E-state index < -0.39 is 0 Å². The van der Waals surface area contributed by atoms with E-state index >= 15 is 0 Å². The Kier molecular flexibility index (Phi) is 13.0. The van der Waals surface area contributed by atoms with E-state index in [-0.39, 0.29) is 19.2 Å². The van der Waals surface area contributed by atoms with Crippen LogP contribution in [0.2, 0.25) is 0 Å². The van der Waals surface area contributed by atoms with Crippen molar-refractivity contribution >= 4 is 36.1 Å². The second-order valence-corrected chi connectivity index (χ2v) is 7.97. The molecule has 5 nitrogen and oxygen atoms in total. The van der Waals surface area contributed by atoms with Gasteiger partial charge in [-0.2, -0.15) is 0 Å². The third-order valence-corrected chi connectivity index (χ3v) is 3.78. The van der Waals surface area contributed by atoms with Crippen molar-refractivity contribution in [3.8, 4) is 0 Å². The van der Waals surface area contributed by atoms with E-state index in [9.17, 15) is 0 Å². The summed E-state index contributed by atoms with van der Waals surface area (Å²) >= 11 is 3.58. The normalized spacial score (nSPS) is 20.6. The molecule has 1 aromatic heterocycles. The number of nitrogens with one attached hydrogen (secondary N) is 4. The molecule has 2 bridgehead atoms. The summed E-state index contributed by atoms with van der Waals surface area (Å²) in [6.07, 6.45) is 0. The van der Waals surface area contributed by atoms with Gasteiger partial charge in [0.2, 0.25) is 0 Å². The molecule has 0 radical (unpaired) electrons. The predicted molar refractivity (Wildman–Crippen MR) is 97.5 cm³/mol. The minimum atomic E-state index is 0.00694. The SMILES string of the molecule is CC1NCCNCCNCCNCc2cc(Br)cc1n2.[Cl][Mn][Cl]. The van der Waals surface area contributed by atoms with Gasteiger partial charge in [0.15, 0.2) is 0 Å². The van der Waals surface area contributed by atoms with Crippen LogP contribution < -0.4 is 21.3 Å². The van der Waals surface area contributed by atoms with Gasteiger partial charge in [0.25, 0.3) is 0 Å². The Morgan fingerprint density at radius 3 is 2.26 bits per heavy atom. The summed E-state index contributed by atoms with van der Waals surface area (Å²) in [7, 11) is 9.59. The second kappa shape index (κ2) is 13.8. The van der Waals surface area contributed by atoms with Gasteiger partial charge >= 0.3 is 33.3 Å². The monoisotopic (exact) mass is 466 g/mol. The summed E-state index contributed by atoms with van der Waals surface area (Å²) in [5, 5.41) is 13.7. The molecule has 1 unspecified atom stereocenters. The predicted octanol–water partition coefficient (Wildman–Crippen LogP) is 2.15. The Labute approximate surface area is 161 Å². The zero-order valence-electron chi connectivity index (χ0n) is 13.1. The Bertz CT molecular complexity index is 442. The van der Waals surface area contributed by atoms with Crippen molar-refractivity contribution in [2.45, 2.75) is 19.5 Å². The molecule has 1 atom stereocenters. The van der Waals surface area contributed by atoms with Crippen LogP contribution in [0.3, 0.4) is 0 Å². The van der Waals surface area contributed by atoms with Crippen molar-refractivity contribution < 1.29 is 13.1 Å². The van der Waals surface area contributed by atoms with E-state index in [1.807, 2.05) is 0 Å². The van der Waals surface area contributed by atoms with Crippen molar-refractivity contribution in [2.24, 2.45) is 0 Å². The molecule has 0 aromatic carbocycles.